The predicted octanol–water partition coefficient (Wildman–Crippen LogP) is 2.06. The summed E-state index contributed by atoms with van der Waals surface area (Å²) >= 11 is 1.97. The molecule has 1 aromatic carbocycles. The fourth-order valence-corrected chi connectivity index (χ4v) is 1.97. The third-order valence-electron chi connectivity index (χ3n) is 2.45. The van der Waals surface area contributed by atoms with Gasteiger partial charge in [-0.05, 0) is 54.6 Å². The summed E-state index contributed by atoms with van der Waals surface area (Å²) in [6, 6.07) is 3.08. The second kappa shape index (κ2) is 7.81. The van der Waals surface area contributed by atoms with Gasteiger partial charge in [-0.3, -0.25) is 0 Å². The Kier molecular flexibility index (Phi) is 6.40. The minimum atomic E-state index is -1.15. The van der Waals surface area contributed by atoms with Gasteiger partial charge in [0.2, 0.25) is 0 Å². The van der Waals surface area contributed by atoms with Crippen LogP contribution < -0.4 is 10.6 Å². The van der Waals surface area contributed by atoms with Crippen molar-refractivity contribution in [2.24, 2.45) is 0 Å². The van der Waals surface area contributed by atoms with Gasteiger partial charge in [0.05, 0.1) is 17.9 Å². The number of carbonyl (C=O) groups excluding carboxylic acids is 2. The highest BCUT2D eigenvalue weighted by Crippen LogP contribution is 2.18. The molecule has 0 fully saturated rings. The lowest BCUT2D eigenvalue weighted by Crippen LogP contribution is -2.42. The normalized spacial score (nSPS) is 11.4. The van der Waals surface area contributed by atoms with Gasteiger partial charge in [0, 0.05) is 3.57 Å². The van der Waals surface area contributed by atoms with Gasteiger partial charge in [-0.1, -0.05) is 0 Å². The largest absolute Gasteiger partial charge is 0.478 e. The molecule has 2 amide bonds. The van der Waals surface area contributed by atoms with E-state index in [0.717, 1.165) is 3.57 Å². The molecule has 0 radical (unpaired) electrons. The first-order valence-corrected chi connectivity index (χ1v) is 7.20. The van der Waals surface area contributed by atoms with E-state index in [1.807, 2.05) is 22.6 Å². The van der Waals surface area contributed by atoms with E-state index in [1.54, 1.807) is 13.0 Å². The SMILES string of the molecule is CCOC(=O)C(C)NC(=O)Nc1ccc(I)cc1C(=O)O. The molecule has 7 nitrogen and oxygen atoms in total. The lowest BCUT2D eigenvalue weighted by atomic mass is 10.2. The number of carboxylic acids is 1. The first-order chi connectivity index (χ1) is 9.85. The van der Waals surface area contributed by atoms with Gasteiger partial charge < -0.3 is 20.5 Å². The Balaban J connectivity index is 2.75. The van der Waals surface area contributed by atoms with Crippen molar-refractivity contribution < 1.29 is 24.2 Å². The van der Waals surface area contributed by atoms with Gasteiger partial charge in [0.25, 0.3) is 0 Å². The number of amides is 2. The zero-order valence-corrected chi connectivity index (χ0v) is 13.6. The van der Waals surface area contributed by atoms with E-state index in [-0.39, 0.29) is 17.9 Å². The summed E-state index contributed by atoms with van der Waals surface area (Å²) in [6.07, 6.45) is 0. The summed E-state index contributed by atoms with van der Waals surface area (Å²) in [4.78, 5) is 34.3. The van der Waals surface area contributed by atoms with Crippen molar-refractivity contribution in [2.45, 2.75) is 19.9 Å². The number of hydrogen-bond donors (Lipinski definition) is 3. The maximum Gasteiger partial charge on any atom is 0.337 e. The maximum absolute atomic E-state index is 11.8. The van der Waals surface area contributed by atoms with E-state index in [1.165, 1.54) is 19.1 Å². The van der Waals surface area contributed by atoms with Crippen molar-refractivity contribution in [3.8, 4) is 0 Å². The summed E-state index contributed by atoms with van der Waals surface area (Å²) in [5.41, 5.74) is 0.123. The van der Waals surface area contributed by atoms with Crippen LogP contribution in [0.1, 0.15) is 24.2 Å². The van der Waals surface area contributed by atoms with Crippen LogP contribution in [0.25, 0.3) is 0 Å². The molecule has 0 aliphatic heterocycles. The summed E-state index contributed by atoms with van der Waals surface area (Å²) in [7, 11) is 0. The molecule has 21 heavy (non-hydrogen) atoms. The highest BCUT2D eigenvalue weighted by molar-refractivity contribution is 14.1. The van der Waals surface area contributed by atoms with E-state index < -0.39 is 24.0 Å². The highest BCUT2D eigenvalue weighted by atomic mass is 127. The van der Waals surface area contributed by atoms with Crippen LogP contribution in [0.3, 0.4) is 0 Å². The molecule has 0 saturated carbocycles. The van der Waals surface area contributed by atoms with Gasteiger partial charge in [0.1, 0.15) is 6.04 Å². The molecular weight excluding hydrogens is 391 g/mol. The number of benzene rings is 1. The predicted molar refractivity (Wildman–Crippen MR) is 84.4 cm³/mol. The summed E-state index contributed by atoms with van der Waals surface area (Å²) in [5, 5.41) is 13.9. The number of halogens is 1. The van der Waals surface area contributed by atoms with Crippen LogP contribution in [0.4, 0.5) is 10.5 Å². The fourth-order valence-electron chi connectivity index (χ4n) is 1.48. The summed E-state index contributed by atoms with van der Waals surface area (Å²) in [5.74, 6) is -1.71. The Morgan fingerprint density at radius 3 is 2.62 bits per heavy atom. The van der Waals surface area contributed by atoms with Crippen LogP contribution in [0.5, 0.6) is 0 Å². The van der Waals surface area contributed by atoms with Crippen LogP contribution >= 0.6 is 22.6 Å². The number of carbonyl (C=O) groups is 3. The number of carboxylic acid groups (broad SMARTS) is 1. The summed E-state index contributed by atoms with van der Waals surface area (Å²) < 4.78 is 5.49. The molecular formula is C13H15IN2O5. The molecule has 0 aromatic heterocycles. The minimum Gasteiger partial charge on any atom is -0.478 e. The van der Waals surface area contributed by atoms with E-state index in [2.05, 4.69) is 10.6 Å². The molecule has 0 saturated heterocycles. The van der Waals surface area contributed by atoms with Gasteiger partial charge in [0.15, 0.2) is 0 Å². The highest BCUT2D eigenvalue weighted by Gasteiger charge is 2.18. The standard InChI is InChI=1S/C13H15IN2O5/c1-3-21-12(19)7(2)15-13(20)16-10-5-4-8(14)6-9(10)11(17)18/h4-7H,3H2,1-2H3,(H,17,18)(H2,15,16,20). The lowest BCUT2D eigenvalue weighted by Gasteiger charge is -2.14. The molecule has 1 atom stereocenters. The molecule has 1 rings (SSSR count). The molecule has 0 aliphatic carbocycles. The topological polar surface area (TPSA) is 105 Å². The zero-order chi connectivity index (χ0) is 16.0. The van der Waals surface area contributed by atoms with Crippen LogP contribution in [-0.2, 0) is 9.53 Å². The van der Waals surface area contributed by atoms with Crippen molar-refractivity contribution in [3.63, 3.8) is 0 Å². The van der Waals surface area contributed by atoms with E-state index in [9.17, 15) is 14.4 Å². The van der Waals surface area contributed by atoms with Crippen molar-refractivity contribution >= 4 is 46.2 Å². The third kappa shape index (κ3) is 5.21. The number of esters is 1. The molecule has 3 N–H and O–H groups in total. The molecule has 0 spiro atoms. The zero-order valence-electron chi connectivity index (χ0n) is 11.5. The van der Waals surface area contributed by atoms with Crippen LogP contribution in [0.15, 0.2) is 18.2 Å². The van der Waals surface area contributed by atoms with Crippen molar-refractivity contribution in [3.05, 3.63) is 27.3 Å². The second-order valence-electron chi connectivity index (χ2n) is 4.07. The number of urea groups is 1. The van der Waals surface area contributed by atoms with Crippen molar-refractivity contribution in [1.29, 1.82) is 0 Å². The Morgan fingerprint density at radius 1 is 1.38 bits per heavy atom. The van der Waals surface area contributed by atoms with Gasteiger partial charge in [-0.25, -0.2) is 14.4 Å². The van der Waals surface area contributed by atoms with E-state index in [0.29, 0.717) is 0 Å². The second-order valence-corrected chi connectivity index (χ2v) is 5.31. The Labute approximate surface area is 135 Å². The van der Waals surface area contributed by atoms with Gasteiger partial charge in [-0.15, -0.1) is 0 Å². The summed E-state index contributed by atoms with van der Waals surface area (Å²) in [6.45, 7) is 3.35. The van der Waals surface area contributed by atoms with Crippen LogP contribution in [0.2, 0.25) is 0 Å². The Bertz CT molecular complexity index is 561. The average Bonchev–Trinajstić information content (AvgIpc) is 2.40. The van der Waals surface area contributed by atoms with Gasteiger partial charge in [-0.2, -0.15) is 0 Å². The smallest absolute Gasteiger partial charge is 0.337 e. The first kappa shape index (κ1) is 17.2. The number of aromatic carboxylic acids is 1. The molecule has 0 heterocycles. The molecule has 114 valence electrons. The molecule has 0 bridgehead atoms. The number of nitrogens with one attached hydrogen (secondary N) is 2. The van der Waals surface area contributed by atoms with Crippen molar-refractivity contribution in [1.82, 2.24) is 5.32 Å². The number of ether oxygens (including phenoxy) is 1. The first-order valence-electron chi connectivity index (χ1n) is 6.12. The van der Waals surface area contributed by atoms with Crippen LogP contribution in [0, 0.1) is 3.57 Å². The van der Waals surface area contributed by atoms with E-state index >= 15 is 0 Å². The third-order valence-corrected chi connectivity index (χ3v) is 3.12. The maximum atomic E-state index is 11.8. The molecule has 8 heteroatoms. The van der Waals surface area contributed by atoms with Crippen LogP contribution in [-0.4, -0.2) is 35.7 Å². The molecule has 0 aliphatic rings. The quantitative estimate of drug-likeness (QED) is 0.513. The monoisotopic (exact) mass is 406 g/mol. The van der Waals surface area contributed by atoms with Crippen molar-refractivity contribution in [2.75, 3.05) is 11.9 Å². The molecule has 1 unspecified atom stereocenters. The average molecular weight is 406 g/mol. The number of anilines is 1. The van der Waals surface area contributed by atoms with E-state index in [4.69, 9.17) is 9.84 Å². The Morgan fingerprint density at radius 2 is 2.05 bits per heavy atom. The number of rotatable bonds is 5. The number of hydrogen-bond acceptors (Lipinski definition) is 4. The fraction of sp³-hybridized carbons (Fsp3) is 0.308. The molecule has 1 aromatic rings. The lowest BCUT2D eigenvalue weighted by molar-refractivity contribution is -0.144. The minimum absolute atomic E-state index is 0.0270. The Hall–Kier alpha value is -1.84. The van der Waals surface area contributed by atoms with Gasteiger partial charge >= 0.3 is 18.0 Å².